The third-order valence-electron chi connectivity index (χ3n) is 7.21. The molecule has 0 aliphatic heterocycles. The Kier molecular flexibility index (Phi) is 8.72. The summed E-state index contributed by atoms with van der Waals surface area (Å²) in [6.07, 6.45) is 0.224. The number of nitrogens with two attached hydrogens (primary N) is 1. The fraction of sp³-hybridized carbons (Fsp3) is 0.346. The highest BCUT2D eigenvalue weighted by Crippen LogP contribution is 2.35. The summed E-state index contributed by atoms with van der Waals surface area (Å²) in [6, 6.07) is 2.02. The van der Waals surface area contributed by atoms with E-state index in [-0.39, 0.29) is 17.8 Å². The Bertz CT molecular complexity index is 1850. The lowest BCUT2D eigenvalue weighted by Crippen LogP contribution is -2.34. The van der Waals surface area contributed by atoms with E-state index in [2.05, 4.69) is 25.1 Å². The van der Waals surface area contributed by atoms with Crippen LogP contribution in [0.2, 0.25) is 0 Å². The number of ether oxygens (including phenoxy) is 1. The van der Waals surface area contributed by atoms with Gasteiger partial charge in [0.15, 0.2) is 29.0 Å². The predicted octanol–water partition coefficient (Wildman–Crippen LogP) is 5.36. The zero-order valence-corrected chi connectivity index (χ0v) is 24.4. The van der Waals surface area contributed by atoms with Gasteiger partial charge in [0.25, 0.3) is 11.1 Å². The summed E-state index contributed by atoms with van der Waals surface area (Å²) in [5.41, 5.74) is 1.17. The first-order chi connectivity index (χ1) is 20.7. The highest BCUT2D eigenvalue weighted by Gasteiger charge is 2.39. The molecule has 3 heterocycles. The van der Waals surface area contributed by atoms with Crippen molar-refractivity contribution in [2.24, 2.45) is 5.92 Å². The largest absolute Gasteiger partial charge is 0.429 e. The van der Waals surface area contributed by atoms with E-state index in [1.807, 2.05) is 0 Å². The molecule has 1 aliphatic rings. The lowest BCUT2D eigenvalue weighted by molar-refractivity contribution is -0.138. The Morgan fingerprint density at radius 1 is 1.14 bits per heavy atom. The van der Waals surface area contributed by atoms with Gasteiger partial charge in [-0.25, -0.2) is 18.7 Å². The standard InChI is InChI=1S/C26H21F7IN7O3/c27-19-14(22-36-9-16(21(35)39-22)44-25(29)30)7-12-4-5-40(23(42)17(12)20(19)28)10-11-2-1-3-13(6-11)38-15-8-37-41(34)24(43)18(15)26(31,32)33/h4-5,7-9,11,13,25,38H,1-3,6,10H2,(H2,35,36,39)/t11-,13+/m1/s1. The van der Waals surface area contributed by atoms with Crippen LogP contribution in [-0.2, 0) is 12.7 Å². The lowest BCUT2D eigenvalue weighted by atomic mass is 9.85. The first-order valence-electron chi connectivity index (χ1n) is 13.0. The van der Waals surface area contributed by atoms with E-state index in [9.17, 15) is 31.5 Å². The van der Waals surface area contributed by atoms with Crippen LogP contribution in [0.25, 0.3) is 22.2 Å². The van der Waals surface area contributed by atoms with Crippen molar-refractivity contribution in [3.63, 3.8) is 0 Å². The second kappa shape index (κ2) is 12.2. The summed E-state index contributed by atoms with van der Waals surface area (Å²) >= 11 is 1.36. The quantitative estimate of drug-likeness (QED) is 0.192. The Morgan fingerprint density at radius 2 is 1.89 bits per heavy atom. The second-order valence-electron chi connectivity index (χ2n) is 10.1. The average molecular weight is 739 g/mol. The number of hydrogen-bond acceptors (Lipinski definition) is 8. The molecule has 5 rings (SSSR count). The van der Waals surface area contributed by atoms with Gasteiger partial charge in [-0.1, -0.05) is 6.42 Å². The fourth-order valence-corrected chi connectivity index (χ4v) is 5.65. The molecule has 3 N–H and O–H groups in total. The van der Waals surface area contributed by atoms with E-state index in [1.165, 1.54) is 39.7 Å². The number of benzene rings is 1. The molecule has 4 aromatic rings. The third kappa shape index (κ3) is 6.29. The number of anilines is 2. The Labute approximate surface area is 256 Å². The number of nitrogen functional groups attached to an aromatic ring is 1. The molecule has 44 heavy (non-hydrogen) atoms. The van der Waals surface area contributed by atoms with E-state index in [1.54, 1.807) is 0 Å². The van der Waals surface area contributed by atoms with E-state index in [0.717, 1.165) is 18.5 Å². The molecule has 10 nitrogen and oxygen atoms in total. The molecule has 0 saturated heterocycles. The number of fused-ring (bicyclic) bond motifs is 1. The molecule has 2 atom stereocenters. The Morgan fingerprint density at radius 3 is 2.57 bits per heavy atom. The van der Waals surface area contributed by atoms with Gasteiger partial charge in [0, 0.05) is 18.8 Å². The normalized spacial score (nSPS) is 17.3. The molecule has 0 radical (unpaired) electrons. The van der Waals surface area contributed by atoms with Crippen molar-refractivity contribution in [3.05, 3.63) is 68.6 Å². The van der Waals surface area contributed by atoms with Crippen LogP contribution in [0.1, 0.15) is 31.2 Å². The smallest absolute Gasteiger partial charge is 0.423 e. The summed E-state index contributed by atoms with van der Waals surface area (Å²) < 4.78 is 102. The minimum atomic E-state index is -4.91. The topological polar surface area (TPSA) is 130 Å². The van der Waals surface area contributed by atoms with Crippen LogP contribution < -0.4 is 26.9 Å². The van der Waals surface area contributed by atoms with Crippen molar-refractivity contribution in [1.82, 2.24) is 22.5 Å². The van der Waals surface area contributed by atoms with Crippen LogP contribution in [0, 0.1) is 17.6 Å². The van der Waals surface area contributed by atoms with Gasteiger partial charge in [0.1, 0.15) is 5.56 Å². The molecule has 0 bridgehead atoms. The van der Waals surface area contributed by atoms with E-state index in [4.69, 9.17) is 5.73 Å². The van der Waals surface area contributed by atoms with E-state index in [0.29, 0.717) is 28.6 Å². The second-order valence-corrected chi connectivity index (χ2v) is 11.0. The maximum atomic E-state index is 15.3. The van der Waals surface area contributed by atoms with Gasteiger partial charge in [0.2, 0.25) is 0 Å². The van der Waals surface area contributed by atoms with Gasteiger partial charge in [-0.05, 0) is 42.7 Å². The van der Waals surface area contributed by atoms with Crippen molar-refractivity contribution < 1.29 is 35.5 Å². The highest BCUT2D eigenvalue weighted by atomic mass is 127. The number of hydrogen-bond donors (Lipinski definition) is 2. The van der Waals surface area contributed by atoms with Crippen LogP contribution in [0.15, 0.2) is 40.3 Å². The van der Waals surface area contributed by atoms with Gasteiger partial charge in [0.05, 0.1) is 51.9 Å². The van der Waals surface area contributed by atoms with Gasteiger partial charge in [-0.2, -0.15) is 29.9 Å². The number of nitrogens with zero attached hydrogens (tertiary/aromatic N) is 5. The molecule has 1 aromatic carbocycles. The molecule has 0 unspecified atom stereocenters. The zero-order valence-electron chi connectivity index (χ0n) is 22.2. The molecule has 18 heteroatoms. The number of alkyl halides is 5. The maximum absolute atomic E-state index is 15.3. The predicted molar refractivity (Wildman–Crippen MR) is 152 cm³/mol. The number of aromatic nitrogens is 5. The molecule has 1 saturated carbocycles. The SMILES string of the molecule is Nc1nc(-c2cc3ccn(C[C@@H]4CCC[C@H](Nc5cnn(I)c(=O)c5C(F)(F)F)C4)c(=O)c3c(F)c2F)ncc1OC(F)F. The van der Waals surface area contributed by atoms with Gasteiger partial charge in [-0.15, -0.1) is 0 Å². The van der Waals surface area contributed by atoms with E-state index < -0.39 is 81.2 Å². The van der Waals surface area contributed by atoms with Crippen molar-refractivity contribution >= 4 is 45.1 Å². The fourth-order valence-electron chi connectivity index (χ4n) is 5.29. The first-order valence-corrected chi connectivity index (χ1v) is 13.9. The molecular formula is C26H21F7IN7O3. The molecule has 1 aliphatic carbocycles. The summed E-state index contributed by atoms with van der Waals surface area (Å²) in [7, 11) is 0. The minimum absolute atomic E-state index is 0.00981. The van der Waals surface area contributed by atoms with Crippen LogP contribution >= 0.6 is 22.9 Å². The van der Waals surface area contributed by atoms with Gasteiger partial charge >= 0.3 is 12.8 Å². The Balaban J connectivity index is 1.39. The number of pyridine rings is 1. The number of halogens is 8. The molecule has 3 aromatic heterocycles. The Hall–Kier alpha value is -3.97. The zero-order chi connectivity index (χ0) is 31.9. The summed E-state index contributed by atoms with van der Waals surface area (Å²) in [6.45, 7) is -3.14. The summed E-state index contributed by atoms with van der Waals surface area (Å²) in [5, 5.41) is 5.91. The van der Waals surface area contributed by atoms with Gasteiger partial charge < -0.3 is 20.4 Å². The third-order valence-corrected chi connectivity index (χ3v) is 7.89. The molecule has 1 fully saturated rings. The summed E-state index contributed by atoms with van der Waals surface area (Å²) in [5.74, 6) is -4.68. The van der Waals surface area contributed by atoms with Crippen molar-refractivity contribution in [3.8, 4) is 17.1 Å². The molecular weight excluding hydrogens is 718 g/mol. The minimum Gasteiger partial charge on any atom is -0.429 e. The number of nitrogens with one attached hydrogen (secondary N) is 1. The van der Waals surface area contributed by atoms with Crippen molar-refractivity contribution in [1.29, 1.82) is 0 Å². The number of rotatable bonds is 7. The monoisotopic (exact) mass is 739 g/mol. The first kappa shape index (κ1) is 31.5. The lowest BCUT2D eigenvalue weighted by Gasteiger charge is -2.31. The van der Waals surface area contributed by atoms with Crippen LogP contribution in [-0.4, -0.2) is 35.2 Å². The van der Waals surface area contributed by atoms with Crippen molar-refractivity contribution in [2.75, 3.05) is 11.1 Å². The molecule has 0 amide bonds. The summed E-state index contributed by atoms with van der Waals surface area (Å²) in [4.78, 5) is 32.8. The van der Waals surface area contributed by atoms with Crippen LogP contribution in [0.5, 0.6) is 5.75 Å². The molecule has 234 valence electrons. The highest BCUT2D eigenvalue weighted by molar-refractivity contribution is 14.1. The van der Waals surface area contributed by atoms with Crippen LogP contribution in [0.4, 0.5) is 42.2 Å². The maximum Gasteiger partial charge on any atom is 0.423 e. The molecule has 0 spiro atoms. The van der Waals surface area contributed by atoms with E-state index >= 15 is 8.78 Å². The van der Waals surface area contributed by atoms with Crippen molar-refractivity contribution in [2.45, 2.75) is 51.1 Å². The van der Waals surface area contributed by atoms with Crippen LogP contribution in [0.3, 0.4) is 0 Å². The van der Waals surface area contributed by atoms with Gasteiger partial charge in [-0.3, -0.25) is 9.59 Å². The average Bonchev–Trinajstić information content (AvgIpc) is 2.94.